The zero-order valence-corrected chi connectivity index (χ0v) is 11.9. The maximum atomic E-state index is 6.16. The summed E-state index contributed by atoms with van der Waals surface area (Å²) in [6.07, 6.45) is 1.50. The molecule has 0 unspecified atom stereocenters. The first-order valence-electron chi connectivity index (χ1n) is 5.56. The summed E-state index contributed by atoms with van der Waals surface area (Å²) >= 11 is 6.16. The number of hydrogen-bond acceptors (Lipinski definition) is 3. The second-order valence-corrected chi connectivity index (χ2v) is 3.95. The molecule has 0 radical (unpaired) electrons. The molecule has 0 saturated carbocycles. The van der Waals surface area contributed by atoms with Gasteiger partial charge in [0.1, 0.15) is 0 Å². The van der Waals surface area contributed by atoms with Gasteiger partial charge in [0, 0.05) is 12.0 Å². The molecule has 0 fully saturated rings. The van der Waals surface area contributed by atoms with Crippen molar-refractivity contribution in [2.45, 2.75) is 19.8 Å². The van der Waals surface area contributed by atoms with Crippen LogP contribution in [-0.2, 0) is 6.42 Å². The molecular weight excluding hydrogens is 252 g/mol. The Morgan fingerprint density at radius 1 is 1.06 bits per heavy atom. The number of hydrogen-bond donors (Lipinski definition) is 0. The van der Waals surface area contributed by atoms with Gasteiger partial charge in [0.2, 0.25) is 5.75 Å². The topological polar surface area (TPSA) is 27.7 Å². The van der Waals surface area contributed by atoms with Gasteiger partial charge in [-0.3, -0.25) is 0 Å². The second kappa shape index (κ2) is 7.03. The van der Waals surface area contributed by atoms with Crippen molar-refractivity contribution < 1.29 is 14.2 Å². The van der Waals surface area contributed by atoms with E-state index in [1.54, 1.807) is 21.3 Å². The number of halogens is 1. The third kappa shape index (κ3) is 3.02. The van der Waals surface area contributed by atoms with Gasteiger partial charge in [-0.2, -0.15) is 0 Å². The molecule has 0 spiro atoms. The summed E-state index contributed by atoms with van der Waals surface area (Å²) in [4.78, 5) is 0. The van der Waals surface area contributed by atoms with Crippen LogP contribution < -0.4 is 14.2 Å². The summed E-state index contributed by atoms with van der Waals surface area (Å²) in [5.74, 6) is 7.53. The highest BCUT2D eigenvalue weighted by Gasteiger charge is 2.19. The van der Waals surface area contributed by atoms with E-state index in [9.17, 15) is 0 Å². The van der Waals surface area contributed by atoms with Crippen LogP contribution in [0.1, 0.15) is 18.9 Å². The molecule has 0 heterocycles. The van der Waals surface area contributed by atoms with Crippen LogP contribution in [-0.4, -0.2) is 21.3 Å². The Hall–Kier alpha value is -1.53. The fourth-order valence-electron chi connectivity index (χ4n) is 1.75. The predicted octanol–water partition coefficient (Wildman–Crippen LogP) is 3.32. The molecule has 0 aromatic heterocycles. The summed E-state index contributed by atoms with van der Waals surface area (Å²) in [5, 5.41) is 0.509. The van der Waals surface area contributed by atoms with E-state index in [1.807, 2.05) is 13.0 Å². The van der Waals surface area contributed by atoms with Crippen molar-refractivity contribution in [2.75, 3.05) is 21.3 Å². The summed E-state index contributed by atoms with van der Waals surface area (Å²) in [6, 6.07) is 1.83. The molecule has 98 valence electrons. The molecule has 0 N–H and O–H groups in total. The van der Waals surface area contributed by atoms with Crippen LogP contribution in [0, 0.1) is 11.8 Å². The van der Waals surface area contributed by atoms with Crippen molar-refractivity contribution in [3.8, 4) is 29.1 Å². The lowest BCUT2D eigenvalue weighted by Gasteiger charge is -2.16. The Morgan fingerprint density at radius 2 is 1.67 bits per heavy atom. The Balaban J connectivity index is 3.24. The lowest BCUT2D eigenvalue weighted by Crippen LogP contribution is -2.00. The molecule has 0 aliphatic rings. The molecular formula is C14H17ClO3. The molecule has 0 atom stereocenters. The van der Waals surface area contributed by atoms with Crippen LogP contribution >= 0.6 is 11.6 Å². The maximum Gasteiger partial charge on any atom is 0.205 e. The minimum absolute atomic E-state index is 0.487. The van der Waals surface area contributed by atoms with Crippen LogP contribution in [0.4, 0.5) is 0 Å². The molecule has 3 nitrogen and oxygen atoms in total. The first-order valence-corrected chi connectivity index (χ1v) is 5.94. The molecule has 0 aliphatic carbocycles. The van der Waals surface area contributed by atoms with Gasteiger partial charge >= 0.3 is 0 Å². The van der Waals surface area contributed by atoms with Crippen molar-refractivity contribution in [3.63, 3.8) is 0 Å². The number of aryl methyl sites for hydroxylation is 1. The zero-order chi connectivity index (χ0) is 13.5. The van der Waals surface area contributed by atoms with E-state index in [1.165, 1.54) is 0 Å². The maximum absolute atomic E-state index is 6.16. The molecule has 0 amide bonds. The fraction of sp³-hybridized carbons (Fsp3) is 0.429. The molecule has 0 saturated heterocycles. The van der Waals surface area contributed by atoms with Gasteiger partial charge in [0.25, 0.3) is 0 Å². The van der Waals surface area contributed by atoms with Gasteiger partial charge < -0.3 is 14.2 Å². The van der Waals surface area contributed by atoms with Gasteiger partial charge in [-0.05, 0) is 19.4 Å². The van der Waals surface area contributed by atoms with E-state index in [4.69, 9.17) is 25.8 Å². The Morgan fingerprint density at radius 3 is 2.17 bits per heavy atom. The predicted molar refractivity (Wildman–Crippen MR) is 72.9 cm³/mol. The van der Waals surface area contributed by atoms with Crippen LogP contribution in [0.15, 0.2) is 6.07 Å². The van der Waals surface area contributed by atoms with Gasteiger partial charge in [0.15, 0.2) is 11.5 Å². The summed E-state index contributed by atoms with van der Waals surface area (Å²) < 4.78 is 15.9. The summed E-state index contributed by atoms with van der Waals surface area (Å²) in [7, 11) is 4.71. The van der Waals surface area contributed by atoms with Crippen LogP contribution in [0.2, 0.25) is 5.02 Å². The average Bonchev–Trinajstić information content (AvgIpc) is 2.38. The van der Waals surface area contributed by atoms with Gasteiger partial charge in [0.05, 0.1) is 26.4 Å². The minimum Gasteiger partial charge on any atom is -0.492 e. The van der Waals surface area contributed by atoms with Crippen LogP contribution in [0.5, 0.6) is 17.2 Å². The Bertz CT molecular complexity index is 472. The summed E-state index contributed by atoms with van der Waals surface area (Å²) in [6.45, 7) is 1.82. The highest BCUT2D eigenvalue weighted by atomic mass is 35.5. The van der Waals surface area contributed by atoms with Gasteiger partial charge in [-0.15, -0.1) is 11.8 Å². The first-order chi connectivity index (χ1) is 8.69. The van der Waals surface area contributed by atoms with Crippen LogP contribution in [0.25, 0.3) is 0 Å². The van der Waals surface area contributed by atoms with E-state index in [0.29, 0.717) is 22.3 Å². The standard InChI is InChI=1S/C14H17ClO3/c1-5-6-7-8-10-9-11(15)13(17-3)14(18-4)12(10)16-2/h9H,7-8H2,1-4H3. The number of benzene rings is 1. The molecule has 4 heteroatoms. The number of rotatable bonds is 5. The lowest BCUT2D eigenvalue weighted by atomic mass is 10.1. The quantitative estimate of drug-likeness (QED) is 0.767. The van der Waals surface area contributed by atoms with Gasteiger partial charge in [-0.25, -0.2) is 0 Å². The third-order valence-corrected chi connectivity index (χ3v) is 2.81. The number of ether oxygens (including phenoxy) is 3. The molecule has 1 rings (SSSR count). The van der Waals surface area contributed by atoms with Crippen molar-refractivity contribution in [1.29, 1.82) is 0 Å². The van der Waals surface area contributed by atoms with E-state index in [0.717, 1.165) is 18.4 Å². The SMILES string of the molecule is CC#CCCc1cc(Cl)c(OC)c(OC)c1OC. The van der Waals surface area contributed by atoms with Crippen molar-refractivity contribution in [2.24, 2.45) is 0 Å². The van der Waals surface area contributed by atoms with Crippen molar-refractivity contribution in [1.82, 2.24) is 0 Å². The third-order valence-electron chi connectivity index (χ3n) is 2.53. The average molecular weight is 269 g/mol. The van der Waals surface area contributed by atoms with E-state index in [-0.39, 0.29) is 0 Å². The van der Waals surface area contributed by atoms with E-state index < -0.39 is 0 Å². The van der Waals surface area contributed by atoms with Gasteiger partial charge in [-0.1, -0.05) is 11.6 Å². The smallest absolute Gasteiger partial charge is 0.205 e. The molecule has 0 aliphatic heterocycles. The molecule has 18 heavy (non-hydrogen) atoms. The Kier molecular flexibility index (Phi) is 5.67. The highest BCUT2D eigenvalue weighted by Crippen LogP contribution is 2.45. The molecule has 1 aromatic rings. The second-order valence-electron chi connectivity index (χ2n) is 3.54. The normalized spacial score (nSPS) is 9.39. The zero-order valence-electron chi connectivity index (χ0n) is 11.1. The highest BCUT2D eigenvalue weighted by molar-refractivity contribution is 6.32. The van der Waals surface area contributed by atoms with Crippen molar-refractivity contribution >= 4 is 11.6 Å². The number of methoxy groups -OCH3 is 3. The minimum atomic E-state index is 0.487. The van der Waals surface area contributed by atoms with Crippen molar-refractivity contribution in [3.05, 3.63) is 16.7 Å². The monoisotopic (exact) mass is 268 g/mol. The first kappa shape index (κ1) is 14.5. The van der Waals surface area contributed by atoms with E-state index in [2.05, 4.69) is 11.8 Å². The lowest BCUT2D eigenvalue weighted by molar-refractivity contribution is 0.322. The van der Waals surface area contributed by atoms with E-state index >= 15 is 0 Å². The Labute approximate surface area is 113 Å². The molecule has 0 bridgehead atoms. The largest absolute Gasteiger partial charge is 0.492 e. The fourth-order valence-corrected chi connectivity index (χ4v) is 2.04. The van der Waals surface area contributed by atoms with Crippen LogP contribution in [0.3, 0.4) is 0 Å². The summed E-state index contributed by atoms with van der Waals surface area (Å²) in [5.41, 5.74) is 0.961. The molecule has 1 aromatic carbocycles.